The van der Waals surface area contributed by atoms with Gasteiger partial charge in [0.15, 0.2) is 0 Å². The molecule has 2 heteroatoms. The van der Waals surface area contributed by atoms with Crippen LogP contribution in [0, 0.1) is 11.3 Å². The molecule has 2 aliphatic rings. The van der Waals surface area contributed by atoms with Crippen molar-refractivity contribution in [2.24, 2.45) is 11.3 Å². The maximum atomic E-state index is 5.33. The third kappa shape index (κ3) is 2.54. The molecule has 0 saturated carbocycles. The topological polar surface area (TPSA) is 21.3 Å². The van der Waals surface area contributed by atoms with Gasteiger partial charge in [-0.3, -0.25) is 0 Å². The fourth-order valence-corrected chi connectivity index (χ4v) is 2.58. The molecule has 1 N–H and O–H groups in total. The van der Waals surface area contributed by atoms with Crippen molar-refractivity contribution in [3.8, 4) is 0 Å². The Bertz CT molecular complexity index is 199. The fraction of sp³-hybridized carbons (Fsp3) is 1.00. The summed E-state index contributed by atoms with van der Waals surface area (Å²) in [6.07, 6.45) is 2.60. The first-order chi connectivity index (χ1) is 7.06. The Morgan fingerprint density at radius 3 is 2.20 bits per heavy atom. The van der Waals surface area contributed by atoms with Crippen LogP contribution < -0.4 is 5.32 Å². The summed E-state index contributed by atoms with van der Waals surface area (Å²) in [6.45, 7) is 14.1. The Balaban J connectivity index is 0.000000531. The zero-order valence-corrected chi connectivity index (χ0v) is 11.0. The lowest BCUT2D eigenvalue weighted by atomic mass is 9.65. The number of nitrogens with one attached hydrogen (secondary N) is 1. The summed E-state index contributed by atoms with van der Waals surface area (Å²) in [5.74, 6) is 0.784. The smallest absolute Gasteiger partial charge is 0.0672 e. The van der Waals surface area contributed by atoms with Gasteiger partial charge in [0.2, 0.25) is 0 Å². The molecule has 0 bridgehead atoms. The Kier molecular flexibility index (Phi) is 4.19. The second kappa shape index (κ2) is 4.84. The van der Waals surface area contributed by atoms with Gasteiger partial charge in [0, 0.05) is 0 Å². The molecular weight excluding hydrogens is 186 g/mol. The average molecular weight is 213 g/mol. The van der Waals surface area contributed by atoms with Gasteiger partial charge in [-0.25, -0.2) is 0 Å². The highest BCUT2D eigenvalue weighted by atomic mass is 16.5. The summed E-state index contributed by atoms with van der Waals surface area (Å²) >= 11 is 0. The molecule has 1 unspecified atom stereocenters. The number of ether oxygens (including phenoxy) is 1. The van der Waals surface area contributed by atoms with Gasteiger partial charge >= 0.3 is 0 Å². The van der Waals surface area contributed by atoms with Crippen LogP contribution in [0.4, 0.5) is 0 Å². The summed E-state index contributed by atoms with van der Waals surface area (Å²) in [7, 11) is 0. The SMILES string of the molecule is CC.CC(C)C1(C)CCNC2(COC2)C1. The Morgan fingerprint density at radius 2 is 1.80 bits per heavy atom. The van der Waals surface area contributed by atoms with Crippen molar-refractivity contribution in [1.82, 2.24) is 5.32 Å². The minimum Gasteiger partial charge on any atom is -0.377 e. The van der Waals surface area contributed by atoms with Crippen LogP contribution in [-0.2, 0) is 4.74 Å². The van der Waals surface area contributed by atoms with Crippen LogP contribution in [0.15, 0.2) is 0 Å². The number of rotatable bonds is 1. The molecule has 0 aromatic rings. The van der Waals surface area contributed by atoms with Crippen molar-refractivity contribution < 1.29 is 4.74 Å². The third-order valence-corrected chi connectivity index (χ3v) is 4.09. The molecule has 15 heavy (non-hydrogen) atoms. The standard InChI is InChI=1S/C11H21NO.C2H6/c1-9(2)10(3)4-5-12-11(6-10)7-13-8-11;1-2/h9,12H,4-8H2,1-3H3;1-2H3. The van der Waals surface area contributed by atoms with Crippen LogP contribution in [0.25, 0.3) is 0 Å². The van der Waals surface area contributed by atoms with Crippen molar-refractivity contribution in [2.75, 3.05) is 19.8 Å². The van der Waals surface area contributed by atoms with Gasteiger partial charge in [-0.2, -0.15) is 0 Å². The fourth-order valence-electron chi connectivity index (χ4n) is 2.58. The molecule has 0 radical (unpaired) electrons. The summed E-state index contributed by atoms with van der Waals surface area (Å²) in [5.41, 5.74) is 0.867. The van der Waals surface area contributed by atoms with Gasteiger partial charge in [0.25, 0.3) is 0 Å². The second-order valence-electron chi connectivity index (χ2n) is 5.44. The van der Waals surface area contributed by atoms with E-state index in [0.717, 1.165) is 25.7 Å². The van der Waals surface area contributed by atoms with E-state index in [0.29, 0.717) is 11.0 Å². The van der Waals surface area contributed by atoms with Gasteiger partial charge in [-0.15, -0.1) is 0 Å². The molecule has 1 atom stereocenters. The van der Waals surface area contributed by atoms with Gasteiger partial charge in [-0.1, -0.05) is 34.6 Å². The monoisotopic (exact) mass is 213 g/mol. The molecule has 0 aromatic heterocycles. The van der Waals surface area contributed by atoms with E-state index < -0.39 is 0 Å². The lowest BCUT2D eigenvalue weighted by Crippen LogP contribution is -2.66. The molecule has 2 rings (SSSR count). The Morgan fingerprint density at radius 1 is 1.20 bits per heavy atom. The van der Waals surface area contributed by atoms with Crippen LogP contribution in [0.3, 0.4) is 0 Å². The second-order valence-corrected chi connectivity index (χ2v) is 5.44. The van der Waals surface area contributed by atoms with Crippen LogP contribution in [0.2, 0.25) is 0 Å². The molecule has 0 aromatic carbocycles. The van der Waals surface area contributed by atoms with Crippen LogP contribution >= 0.6 is 0 Å². The minimum atomic E-state index is 0.345. The summed E-state index contributed by atoms with van der Waals surface area (Å²) in [5, 5.41) is 3.62. The average Bonchev–Trinajstić information content (AvgIpc) is 2.18. The van der Waals surface area contributed by atoms with Gasteiger partial charge in [0.1, 0.15) is 0 Å². The van der Waals surface area contributed by atoms with Crippen molar-refractivity contribution in [1.29, 1.82) is 0 Å². The van der Waals surface area contributed by atoms with Crippen molar-refractivity contribution >= 4 is 0 Å². The van der Waals surface area contributed by atoms with Gasteiger partial charge < -0.3 is 10.1 Å². The zero-order valence-electron chi connectivity index (χ0n) is 11.0. The maximum Gasteiger partial charge on any atom is 0.0672 e. The van der Waals surface area contributed by atoms with E-state index in [-0.39, 0.29) is 0 Å². The minimum absolute atomic E-state index is 0.345. The van der Waals surface area contributed by atoms with Crippen LogP contribution in [0.5, 0.6) is 0 Å². The molecule has 2 nitrogen and oxygen atoms in total. The Labute approximate surface area is 94.8 Å². The van der Waals surface area contributed by atoms with Gasteiger partial charge in [-0.05, 0) is 30.7 Å². The molecule has 90 valence electrons. The largest absolute Gasteiger partial charge is 0.377 e. The normalized spacial score (nSPS) is 33.2. The molecule has 0 aliphatic carbocycles. The Hall–Kier alpha value is -0.0800. The van der Waals surface area contributed by atoms with Crippen LogP contribution in [-0.4, -0.2) is 25.3 Å². The predicted octanol–water partition coefficient (Wildman–Crippen LogP) is 2.83. The van der Waals surface area contributed by atoms with E-state index in [1.165, 1.54) is 12.8 Å². The highest BCUT2D eigenvalue weighted by Crippen LogP contribution is 2.43. The van der Waals surface area contributed by atoms with E-state index in [9.17, 15) is 0 Å². The van der Waals surface area contributed by atoms with Gasteiger partial charge in [0.05, 0.1) is 18.8 Å². The molecule has 2 heterocycles. The maximum absolute atomic E-state index is 5.33. The molecular formula is C13H27NO. The highest BCUT2D eigenvalue weighted by molar-refractivity contribution is 5.03. The summed E-state index contributed by atoms with van der Waals surface area (Å²) in [6, 6.07) is 0. The van der Waals surface area contributed by atoms with E-state index in [4.69, 9.17) is 4.74 Å². The van der Waals surface area contributed by atoms with Crippen LogP contribution in [0.1, 0.15) is 47.5 Å². The number of piperidine rings is 1. The summed E-state index contributed by atoms with van der Waals surface area (Å²) in [4.78, 5) is 0. The van der Waals surface area contributed by atoms with Crippen molar-refractivity contribution in [3.63, 3.8) is 0 Å². The first-order valence-electron chi connectivity index (χ1n) is 6.39. The van der Waals surface area contributed by atoms with E-state index in [1.54, 1.807) is 0 Å². The quantitative estimate of drug-likeness (QED) is 0.723. The summed E-state index contributed by atoms with van der Waals surface area (Å²) < 4.78 is 5.33. The lowest BCUT2D eigenvalue weighted by molar-refractivity contribution is -0.115. The molecule has 2 aliphatic heterocycles. The first kappa shape index (κ1) is 13.0. The molecule has 2 fully saturated rings. The van der Waals surface area contributed by atoms with Crippen molar-refractivity contribution in [3.05, 3.63) is 0 Å². The third-order valence-electron chi connectivity index (χ3n) is 4.09. The highest BCUT2D eigenvalue weighted by Gasteiger charge is 2.47. The van der Waals surface area contributed by atoms with Crippen molar-refractivity contribution in [2.45, 2.75) is 53.0 Å². The molecule has 2 saturated heterocycles. The number of hydrogen-bond donors (Lipinski definition) is 1. The van der Waals surface area contributed by atoms with E-state index in [1.807, 2.05) is 13.8 Å². The van der Waals surface area contributed by atoms with E-state index in [2.05, 4.69) is 26.1 Å². The molecule has 1 spiro atoms. The predicted molar refractivity (Wildman–Crippen MR) is 65.1 cm³/mol. The van der Waals surface area contributed by atoms with E-state index >= 15 is 0 Å². The lowest BCUT2D eigenvalue weighted by Gasteiger charge is -2.53. The first-order valence-corrected chi connectivity index (χ1v) is 6.39. The number of hydrogen-bond acceptors (Lipinski definition) is 2. The molecule has 0 amide bonds. The zero-order chi connectivity index (χ0) is 11.5.